The van der Waals surface area contributed by atoms with E-state index in [-0.39, 0.29) is 23.6 Å². The second kappa shape index (κ2) is 10.6. The molecule has 2 heterocycles. The number of ether oxygens (including phenoxy) is 1. The summed E-state index contributed by atoms with van der Waals surface area (Å²) in [5.74, 6) is 0.327. The fraction of sp³-hybridized carbons (Fsp3) is 0.370. The van der Waals surface area contributed by atoms with E-state index in [1.165, 1.54) is 25.5 Å². The molecular formula is C27H31FN4O. The fourth-order valence-electron chi connectivity index (χ4n) is 4.66. The number of hydrogen-bond acceptors (Lipinski definition) is 5. The molecule has 0 atom stereocenters. The Morgan fingerprint density at radius 1 is 1.09 bits per heavy atom. The van der Waals surface area contributed by atoms with Crippen LogP contribution in [0.1, 0.15) is 43.7 Å². The Hall–Kier alpha value is -3.28. The summed E-state index contributed by atoms with van der Waals surface area (Å²) in [5.41, 5.74) is 2.15. The molecule has 1 aliphatic heterocycles. The van der Waals surface area contributed by atoms with Crippen LogP contribution in [0.3, 0.4) is 0 Å². The molecule has 0 N–H and O–H groups in total. The average Bonchev–Trinajstić information content (AvgIpc) is 3.13. The molecule has 0 saturated carbocycles. The minimum absolute atomic E-state index is 0.131. The van der Waals surface area contributed by atoms with Gasteiger partial charge in [0.2, 0.25) is 0 Å². The average molecular weight is 447 g/mol. The number of hydrogen-bond donors (Lipinski definition) is 0. The normalized spacial score (nSPS) is 16.0. The number of benzene rings is 2. The lowest BCUT2D eigenvalue weighted by atomic mass is 9.96. The first-order chi connectivity index (χ1) is 16.2. The van der Waals surface area contributed by atoms with Crippen molar-refractivity contribution in [3.8, 4) is 6.01 Å². The Morgan fingerprint density at radius 2 is 1.79 bits per heavy atom. The molecule has 1 fully saturated rings. The molecule has 0 unspecified atom stereocenters. The van der Waals surface area contributed by atoms with Crippen LogP contribution in [-0.2, 0) is 12.8 Å². The monoisotopic (exact) mass is 446 g/mol. The SMILES string of the molecule is C=N/C=c1/c(N2CCCCCC2)nc(OC)n/c1=C(\F)Cc1cccc2cccc(CC)c12. The zero-order valence-corrected chi connectivity index (χ0v) is 19.5. The van der Waals surface area contributed by atoms with E-state index in [1.54, 1.807) is 6.20 Å². The number of aliphatic imine (C=N–C) groups is 1. The van der Waals surface area contributed by atoms with Crippen molar-refractivity contribution in [1.29, 1.82) is 0 Å². The first-order valence-electron chi connectivity index (χ1n) is 11.7. The van der Waals surface area contributed by atoms with Crippen molar-refractivity contribution in [2.75, 3.05) is 25.1 Å². The molecule has 3 aromatic rings. The number of nitrogens with zero attached hydrogens (tertiary/aromatic N) is 4. The van der Waals surface area contributed by atoms with Crippen LogP contribution in [0.5, 0.6) is 6.01 Å². The van der Waals surface area contributed by atoms with Crippen molar-refractivity contribution in [1.82, 2.24) is 9.97 Å². The first kappa shape index (κ1) is 22.9. The molecule has 0 amide bonds. The van der Waals surface area contributed by atoms with E-state index < -0.39 is 0 Å². The van der Waals surface area contributed by atoms with Crippen LogP contribution < -0.4 is 20.2 Å². The second-order valence-corrected chi connectivity index (χ2v) is 8.38. The molecule has 33 heavy (non-hydrogen) atoms. The lowest BCUT2D eigenvalue weighted by Gasteiger charge is -2.22. The number of fused-ring (bicyclic) bond motifs is 1. The zero-order chi connectivity index (χ0) is 23.2. The Morgan fingerprint density at radius 3 is 2.42 bits per heavy atom. The third-order valence-electron chi connectivity index (χ3n) is 6.27. The summed E-state index contributed by atoms with van der Waals surface area (Å²) >= 11 is 0. The van der Waals surface area contributed by atoms with Crippen molar-refractivity contribution in [3.05, 3.63) is 58.1 Å². The highest BCUT2D eigenvalue weighted by Gasteiger charge is 2.18. The van der Waals surface area contributed by atoms with Gasteiger partial charge in [0.25, 0.3) is 0 Å². The Kier molecular flexibility index (Phi) is 7.33. The van der Waals surface area contributed by atoms with Crippen LogP contribution in [0.2, 0.25) is 0 Å². The van der Waals surface area contributed by atoms with E-state index in [0.717, 1.165) is 48.7 Å². The first-order valence-corrected chi connectivity index (χ1v) is 11.7. The van der Waals surface area contributed by atoms with E-state index >= 15 is 4.39 Å². The van der Waals surface area contributed by atoms with Gasteiger partial charge in [0.1, 0.15) is 17.0 Å². The molecule has 2 aromatic carbocycles. The molecule has 0 bridgehead atoms. The number of rotatable bonds is 6. The maximum Gasteiger partial charge on any atom is 0.318 e. The van der Waals surface area contributed by atoms with Gasteiger partial charge in [-0.3, -0.25) is 4.99 Å². The molecule has 0 radical (unpaired) electrons. The van der Waals surface area contributed by atoms with Crippen LogP contribution in [0.25, 0.3) is 22.8 Å². The number of aryl methyl sites for hydroxylation is 1. The molecule has 172 valence electrons. The Balaban J connectivity index is 1.91. The van der Waals surface area contributed by atoms with E-state index in [9.17, 15) is 0 Å². The van der Waals surface area contributed by atoms with Crippen molar-refractivity contribution >= 4 is 35.3 Å². The molecular weight excluding hydrogens is 415 g/mol. The van der Waals surface area contributed by atoms with Gasteiger partial charge in [0, 0.05) is 25.7 Å². The topological polar surface area (TPSA) is 50.6 Å². The predicted molar refractivity (Wildman–Crippen MR) is 134 cm³/mol. The van der Waals surface area contributed by atoms with E-state index in [0.29, 0.717) is 11.0 Å². The van der Waals surface area contributed by atoms with Gasteiger partial charge in [-0.15, -0.1) is 0 Å². The van der Waals surface area contributed by atoms with Crippen LogP contribution in [0.4, 0.5) is 10.2 Å². The highest BCUT2D eigenvalue weighted by atomic mass is 19.1. The minimum Gasteiger partial charge on any atom is -0.467 e. The number of halogens is 1. The predicted octanol–water partition coefficient (Wildman–Crippen LogP) is 4.34. The molecule has 0 spiro atoms. The van der Waals surface area contributed by atoms with E-state index in [1.807, 2.05) is 12.1 Å². The summed E-state index contributed by atoms with van der Waals surface area (Å²) in [6.45, 7) is 7.46. The van der Waals surface area contributed by atoms with Gasteiger partial charge in [-0.2, -0.15) is 9.97 Å². The van der Waals surface area contributed by atoms with Gasteiger partial charge in [0.15, 0.2) is 0 Å². The third-order valence-corrected chi connectivity index (χ3v) is 6.27. The summed E-state index contributed by atoms with van der Waals surface area (Å²) < 4.78 is 21.4. The molecule has 1 aromatic heterocycles. The van der Waals surface area contributed by atoms with Gasteiger partial charge in [-0.25, -0.2) is 4.39 Å². The van der Waals surface area contributed by atoms with Gasteiger partial charge >= 0.3 is 6.01 Å². The molecule has 1 saturated heterocycles. The highest BCUT2D eigenvalue weighted by Crippen LogP contribution is 2.26. The van der Waals surface area contributed by atoms with Crippen molar-refractivity contribution in [2.24, 2.45) is 4.99 Å². The summed E-state index contributed by atoms with van der Waals surface area (Å²) in [4.78, 5) is 15.2. The largest absolute Gasteiger partial charge is 0.467 e. The van der Waals surface area contributed by atoms with E-state index in [4.69, 9.17) is 4.74 Å². The van der Waals surface area contributed by atoms with Gasteiger partial charge in [-0.05, 0) is 47.9 Å². The highest BCUT2D eigenvalue weighted by molar-refractivity contribution is 5.89. The maximum absolute atomic E-state index is 16.0. The summed E-state index contributed by atoms with van der Waals surface area (Å²) in [6, 6.07) is 12.4. The third kappa shape index (κ3) is 4.90. The lowest BCUT2D eigenvalue weighted by Crippen LogP contribution is -2.40. The molecule has 0 aliphatic carbocycles. The van der Waals surface area contributed by atoms with Crippen molar-refractivity contribution in [3.63, 3.8) is 0 Å². The molecule has 1 aliphatic rings. The molecule has 4 rings (SSSR count). The summed E-state index contributed by atoms with van der Waals surface area (Å²) in [7, 11) is 1.51. The number of aromatic nitrogens is 2. The van der Waals surface area contributed by atoms with Crippen molar-refractivity contribution in [2.45, 2.75) is 45.4 Å². The van der Waals surface area contributed by atoms with Crippen LogP contribution in [0, 0.1) is 0 Å². The number of methoxy groups -OCH3 is 1. The van der Waals surface area contributed by atoms with Gasteiger partial charge < -0.3 is 9.64 Å². The quantitative estimate of drug-likeness (QED) is 0.529. The van der Waals surface area contributed by atoms with E-state index in [2.05, 4.69) is 57.8 Å². The summed E-state index contributed by atoms with van der Waals surface area (Å²) in [6.07, 6.45) is 7.10. The minimum atomic E-state index is -0.333. The zero-order valence-electron chi connectivity index (χ0n) is 19.5. The summed E-state index contributed by atoms with van der Waals surface area (Å²) in [5, 5.41) is 3.00. The second-order valence-electron chi connectivity index (χ2n) is 8.38. The Bertz CT molecular complexity index is 1260. The van der Waals surface area contributed by atoms with Crippen LogP contribution >= 0.6 is 0 Å². The lowest BCUT2D eigenvalue weighted by molar-refractivity contribution is 0.377. The Labute approximate surface area is 194 Å². The number of anilines is 1. The maximum atomic E-state index is 16.0. The standard InChI is InChI=1S/C27H31FN4O/c1-4-19-11-9-12-20-13-10-14-21(24(19)20)17-23(28)25-22(18-29-2)26(31-27(30-25)33-3)32-15-7-5-6-8-16-32/h9-14,18H,2,4-8,15-17H2,1,3H3/b22-18+,25-23-. The van der Waals surface area contributed by atoms with Crippen LogP contribution in [0.15, 0.2) is 41.4 Å². The van der Waals surface area contributed by atoms with Crippen molar-refractivity contribution < 1.29 is 9.13 Å². The van der Waals surface area contributed by atoms with Gasteiger partial charge in [-0.1, -0.05) is 56.2 Å². The van der Waals surface area contributed by atoms with Crippen LogP contribution in [-0.4, -0.2) is 36.9 Å². The van der Waals surface area contributed by atoms with Gasteiger partial charge in [0.05, 0.1) is 12.3 Å². The molecule has 5 nitrogen and oxygen atoms in total. The smallest absolute Gasteiger partial charge is 0.318 e. The fourth-order valence-corrected chi connectivity index (χ4v) is 4.66. The molecule has 6 heteroatoms.